The second-order valence-electron chi connectivity index (χ2n) is 11.4. The third-order valence-electron chi connectivity index (χ3n) is 6.93. The van der Waals surface area contributed by atoms with Gasteiger partial charge >= 0.3 is 11.9 Å². The minimum Gasteiger partial charge on any atom is -0.479 e. The Morgan fingerprint density at radius 3 is 2.33 bits per heavy atom. The third kappa shape index (κ3) is 8.37. The molecule has 13 heteroatoms. The van der Waals surface area contributed by atoms with E-state index in [1.807, 2.05) is 0 Å². The molecule has 0 aliphatic carbocycles. The van der Waals surface area contributed by atoms with Crippen molar-refractivity contribution in [1.29, 1.82) is 0 Å². The quantitative estimate of drug-likeness (QED) is 0.152. The van der Waals surface area contributed by atoms with Gasteiger partial charge in [0.25, 0.3) is 11.8 Å². The van der Waals surface area contributed by atoms with E-state index in [2.05, 4.69) is 5.32 Å². The number of aryl methyl sites for hydroxylation is 1. The summed E-state index contributed by atoms with van der Waals surface area (Å²) >= 11 is 0. The predicted octanol–water partition coefficient (Wildman–Crippen LogP) is 0.686. The van der Waals surface area contributed by atoms with Gasteiger partial charge in [-0.25, -0.2) is 4.79 Å². The number of rotatable bonds is 12. The number of esters is 1. The van der Waals surface area contributed by atoms with Crippen LogP contribution in [-0.4, -0.2) is 87.6 Å². The van der Waals surface area contributed by atoms with Gasteiger partial charge in [-0.15, -0.1) is 0 Å². The number of unbranched alkanes of at least 4 members (excludes halogenated alkanes) is 1. The summed E-state index contributed by atoms with van der Waals surface area (Å²) in [5.74, 6) is -3.96. The number of carbonyl (C=O) groups is 5. The summed E-state index contributed by atoms with van der Waals surface area (Å²) in [5.41, 5.74) is 0.500. The number of nitrogens with one attached hydrogen (secondary N) is 1. The lowest BCUT2D eigenvalue weighted by molar-refractivity contribution is -0.256. The molecule has 0 saturated carbocycles. The topological polar surface area (TPSA) is 189 Å². The molecule has 2 aliphatic rings. The average Bonchev–Trinajstić information content (AvgIpc) is 3.23. The Kier molecular flexibility index (Phi) is 10.8. The van der Waals surface area contributed by atoms with Crippen LogP contribution in [0.5, 0.6) is 5.75 Å². The molecule has 0 bridgehead atoms. The molecular weight excluding hydrogens is 552 g/mol. The number of carboxylic acids is 1. The van der Waals surface area contributed by atoms with Crippen LogP contribution in [0.25, 0.3) is 0 Å². The lowest BCUT2D eigenvalue weighted by Crippen LogP contribution is -2.57. The summed E-state index contributed by atoms with van der Waals surface area (Å²) in [6, 6.07) is 5.15. The molecule has 4 N–H and O–H groups in total. The van der Waals surface area contributed by atoms with Gasteiger partial charge in [-0.2, -0.15) is 0 Å². The largest absolute Gasteiger partial charge is 0.479 e. The fraction of sp³-hybridized carbons (Fsp3) is 0.552. The number of aliphatic hydroxyl groups is 2. The number of aliphatic carboxylic acids is 1. The fourth-order valence-corrected chi connectivity index (χ4v) is 4.32. The van der Waals surface area contributed by atoms with Crippen LogP contribution in [0.2, 0.25) is 0 Å². The third-order valence-corrected chi connectivity index (χ3v) is 6.93. The van der Waals surface area contributed by atoms with Gasteiger partial charge in [-0.1, -0.05) is 19.1 Å². The summed E-state index contributed by atoms with van der Waals surface area (Å²) in [7, 11) is 0. The molecular formula is C29H38N2O11. The molecule has 42 heavy (non-hydrogen) atoms. The highest BCUT2D eigenvalue weighted by Crippen LogP contribution is 2.31. The molecule has 0 radical (unpaired) electrons. The zero-order valence-electron chi connectivity index (χ0n) is 24.1. The highest BCUT2D eigenvalue weighted by Gasteiger charge is 2.46. The molecule has 0 spiro atoms. The predicted molar refractivity (Wildman–Crippen MR) is 146 cm³/mol. The molecule has 1 aromatic carbocycles. The van der Waals surface area contributed by atoms with Crippen molar-refractivity contribution in [3.05, 3.63) is 41.5 Å². The van der Waals surface area contributed by atoms with Crippen molar-refractivity contribution in [2.24, 2.45) is 11.3 Å². The van der Waals surface area contributed by atoms with Crippen molar-refractivity contribution in [3.8, 4) is 5.75 Å². The molecule has 5 atom stereocenters. The fourth-order valence-electron chi connectivity index (χ4n) is 4.32. The highest BCUT2D eigenvalue weighted by molar-refractivity contribution is 6.14. The van der Waals surface area contributed by atoms with Gasteiger partial charge in [0.15, 0.2) is 6.10 Å². The van der Waals surface area contributed by atoms with E-state index in [0.29, 0.717) is 31.4 Å². The number of ether oxygens (including phenoxy) is 3. The summed E-state index contributed by atoms with van der Waals surface area (Å²) in [6.45, 7) is 6.40. The van der Waals surface area contributed by atoms with Crippen molar-refractivity contribution >= 4 is 29.7 Å². The zero-order chi connectivity index (χ0) is 31.2. The van der Waals surface area contributed by atoms with Gasteiger partial charge in [-0.3, -0.25) is 24.1 Å². The Bertz CT molecular complexity index is 1200. The van der Waals surface area contributed by atoms with Gasteiger partial charge in [0, 0.05) is 30.2 Å². The van der Waals surface area contributed by atoms with Crippen LogP contribution in [0.3, 0.4) is 0 Å². The van der Waals surface area contributed by atoms with Crippen LogP contribution in [0.1, 0.15) is 51.7 Å². The Labute approximate surface area is 243 Å². The Hall–Kier alpha value is -3.81. The minimum absolute atomic E-state index is 0.153. The molecule has 0 unspecified atom stereocenters. The van der Waals surface area contributed by atoms with Crippen molar-refractivity contribution in [1.82, 2.24) is 10.2 Å². The number of amides is 3. The number of hydrogen-bond donors (Lipinski definition) is 4. The van der Waals surface area contributed by atoms with E-state index in [4.69, 9.17) is 14.2 Å². The lowest BCUT2D eigenvalue weighted by atomic mass is 9.90. The van der Waals surface area contributed by atoms with Crippen molar-refractivity contribution in [3.63, 3.8) is 0 Å². The number of aliphatic hydroxyl groups excluding tert-OH is 2. The van der Waals surface area contributed by atoms with Crippen molar-refractivity contribution in [2.45, 2.75) is 78.2 Å². The summed E-state index contributed by atoms with van der Waals surface area (Å²) in [5, 5.41) is 33.1. The van der Waals surface area contributed by atoms with Crippen LogP contribution >= 0.6 is 0 Å². The van der Waals surface area contributed by atoms with Crippen LogP contribution in [0.15, 0.2) is 30.4 Å². The number of nitrogens with zero attached hydrogens (tertiary/aromatic N) is 1. The second kappa shape index (κ2) is 13.9. The van der Waals surface area contributed by atoms with E-state index in [-0.39, 0.29) is 18.9 Å². The highest BCUT2D eigenvalue weighted by atomic mass is 16.7. The van der Waals surface area contributed by atoms with Gasteiger partial charge in [0.2, 0.25) is 12.2 Å². The normalized spacial score (nSPS) is 24.0. The lowest BCUT2D eigenvalue weighted by Gasteiger charge is -2.39. The van der Waals surface area contributed by atoms with E-state index in [1.54, 1.807) is 39.0 Å². The molecule has 0 aromatic heterocycles. The van der Waals surface area contributed by atoms with Gasteiger partial charge in [0.05, 0.1) is 11.5 Å². The second-order valence-corrected chi connectivity index (χ2v) is 11.4. The minimum atomic E-state index is -1.53. The first kappa shape index (κ1) is 32.7. The van der Waals surface area contributed by atoms with Crippen LogP contribution in [0.4, 0.5) is 0 Å². The Morgan fingerprint density at radius 2 is 1.71 bits per heavy atom. The van der Waals surface area contributed by atoms with E-state index >= 15 is 0 Å². The van der Waals surface area contributed by atoms with Gasteiger partial charge in [-0.05, 0) is 51.7 Å². The number of carbonyl (C=O) groups excluding carboxylic acids is 4. The van der Waals surface area contributed by atoms with E-state index in [9.17, 15) is 39.3 Å². The number of benzene rings is 1. The molecule has 3 amide bonds. The molecule has 230 valence electrons. The standard InChI is InChI=1S/C29H38N2O11/c1-16-23(35)24(36)27(42-25(16)26(37)38)41-19-13-17(8-9-18(19)15-40-28(39)29(2,3)4)7-5-6-12-30-20(32)14-31-21(33)10-11-22(31)34/h8-11,13,16,23-25,27,35-36H,5-7,12,14-15H2,1-4H3,(H,30,32)(H,37,38)/t16-,23-,24+,25-,27+/m0/s1. The van der Waals surface area contributed by atoms with Crippen LogP contribution < -0.4 is 10.1 Å². The first-order valence-corrected chi connectivity index (χ1v) is 13.7. The molecule has 3 rings (SSSR count). The smallest absolute Gasteiger partial charge is 0.333 e. The van der Waals surface area contributed by atoms with Crippen LogP contribution in [-0.2, 0) is 46.5 Å². The number of carboxylic acid groups (broad SMARTS) is 1. The van der Waals surface area contributed by atoms with E-state index < -0.39 is 65.6 Å². The molecule has 2 aliphatic heterocycles. The zero-order valence-corrected chi connectivity index (χ0v) is 24.1. The maximum Gasteiger partial charge on any atom is 0.333 e. The molecule has 1 aromatic rings. The molecule has 13 nitrogen and oxygen atoms in total. The van der Waals surface area contributed by atoms with Gasteiger partial charge < -0.3 is 34.8 Å². The maximum atomic E-state index is 12.3. The van der Waals surface area contributed by atoms with Gasteiger partial charge in [0.1, 0.15) is 25.0 Å². The van der Waals surface area contributed by atoms with Crippen LogP contribution in [0, 0.1) is 11.3 Å². The first-order valence-electron chi connectivity index (χ1n) is 13.7. The molecule has 1 saturated heterocycles. The first-order chi connectivity index (χ1) is 19.7. The summed E-state index contributed by atoms with van der Waals surface area (Å²) in [6.07, 6.45) is -1.85. The Balaban J connectivity index is 1.64. The summed E-state index contributed by atoms with van der Waals surface area (Å²) in [4.78, 5) is 60.1. The number of imide groups is 1. The number of hydrogen-bond acceptors (Lipinski definition) is 10. The van der Waals surface area contributed by atoms with E-state index in [1.165, 1.54) is 6.92 Å². The van der Waals surface area contributed by atoms with E-state index in [0.717, 1.165) is 22.6 Å². The SMILES string of the molecule is C[C@H]1[C@H](O)[C@@H](O)[C@H](Oc2cc(CCCCNC(=O)CN3C(=O)C=CC3=O)ccc2COC(=O)C(C)(C)C)O[C@@H]1C(=O)O. The Morgan fingerprint density at radius 1 is 1.05 bits per heavy atom. The van der Waals surface area contributed by atoms with Crippen molar-refractivity contribution < 1.29 is 53.5 Å². The van der Waals surface area contributed by atoms with Crippen molar-refractivity contribution in [2.75, 3.05) is 13.1 Å². The molecule has 2 heterocycles. The maximum absolute atomic E-state index is 12.3. The monoisotopic (exact) mass is 590 g/mol. The molecule has 1 fully saturated rings. The average molecular weight is 591 g/mol. The summed E-state index contributed by atoms with van der Waals surface area (Å²) < 4.78 is 16.8.